The second-order valence-electron chi connectivity index (χ2n) is 7.32. The van der Waals surface area contributed by atoms with Crippen molar-refractivity contribution in [2.75, 3.05) is 48.7 Å². The lowest BCUT2D eigenvalue weighted by Gasteiger charge is -2.39. The van der Waals surface area contributed by atoms with Gasteiger partial charge in [-0.05, 0) is 31.2 Å². The molecule has 1 heterocycles. The van der Waals surface area contributed by atoms with Crippen LogP contribution in [0.15, 0.2) is 42.5 Å². The van der Waals surface area contributed by atoms with Crippen molar-refractivity contribution < 1.29 is 26.7 Å². The summed E-state index contributed by atoms with van der Waals surface area (Å²) < 4.78 is 58.0. The Kier molecular flexibility index (Phi) is 6.68. The summed E-state index contributed by atoms with van der Waals surface area (Å²) in [6, 6.07) is 9.23. The Morgan fingerprint density at radius 3 is 2.29 bits per heavy atom. The van der Waals surface area contributed by atoms with Gasteiger partial charge in [0.05, 0.1) is 24.7 Å². The summed E-state index contributed by atoms with van der Waals surface area (Å²) in [6.45, 7) is 3.30. The van der Waals surface area contributed by atoms with E-state index in [0.717, 1.165) is 40.2 Å². The number of carbonyl (C=O) groups excluding carboxylic acids is 1. The molecule has 168 valence electrons. The summed E-state index contributed by atoms with van der Waals surface area (Å²) in [4.78, 5) is 16.8. The van der Waals surface area contributed by atoms with Crippen LogP contribution in [0, 0.1) is 11.6 Å². The number of carbonyl (C=O) groups is 1. The van der Waals surface area contributed by atoms with E-state index in [1.807, 2.05) is 24.3 Å². The number of ether oxygens (including phenoxy) is 1. The smallest absolute Gasteiger partial charge is 0.246 e. The molecule has 0 spiro atoms. The number of nitrogens with zero attached hydrogens (tertiary/aromatic N) is 3. The summed E-state index contributed by atoms with van der Waals surface area (Å²) in [7, 11) is -2.33. The summed E-state index contributed by atoms with van der Waals surface area (Å²) in [6.07, 6.45) is 0.928. The zero-order chi connectivity index (χ0) is 22.8. The van der Waals surface area contributed by atoms with Crippen molar-refractivity contribution in [1.29, 1.82) is 0 Å². The van der Waals surface area contributed by atoms with Crippen LogP contribution in [-0.2, 0) is 14.8 Å². The summed E-state index contributed by atoms with van der Waals surface area (Å²) in [5, 5.41) is 0. The van der Waals surface area contributed by atoms with Crippen LogP contribution in [0.4, 0.5) is 20.2 Å². The van der Waals surface area contributed by atoms with Gasteiger partial charge in [0.2, 0.25) is 15.9 Å². The van der Waals surface area contributed by atoms with Crippen molar-refractivity contribution in [3.05, 3.63) is 54.1 Å². The van der Waals surface area contributed by atoms with Crippen LogP contribution in [-0.4, -0.2) is 64.8 Å². The first kappa shape index (κ1) is 22.8. The minimum atomic E-state index is -3.92. The Balaban J connectivity index is 1.76. The van der Waals surface area contributed by atoms with Crippen molar-refractivity contribution in [1.82, 2.24) is 4.90 Å². The largest absolute Gasteiger partial charge is 0.495 e. The molecule has 0 aliphatic carbocycles. The number of benzene rings is 2. The highest BCUT2D eigenvalue weighted by Crippen LogP contribution is 2.29. The van der Waals surface area contributed by atoms with Gasteiger partial charge in [-0.2, -0.15) is 0 Å². The van der Waals surface area contributed by atoms with Crippen molar-refractivity contribution in [3.8, 4) is 5.75 Å². The molecule has 3 rings (SSSR count). The Morgan fingerprint density at radius 1 is 1.06 bits per heavy atom. The average Bonchev–Trinajstić information content (AvgIpc) is 2.75. The SMILES string of the molecule is COc1ccccc1N1CCN(C(=O)[C@H](C)N(c2ccc(F)c(F)c2)S(C)(=O)=O)CC1. The topological polar surface area (TPSA) is 70.2 Å². The molecule has 2 aromatic carbocycles. The maximum absolute atomic E-state index is 13.7. The van der Waals surface area contributed by atoms with Gasteiger partial charge in [-0.1, -0.05) is 12.1 Å². The molecule has 0 saturated carbocycles. The summed E-state index contributed by atoms with van der Waals surface area (Å²) >= 11 is 0. The lowest BCUT2D eigenvalue weighted by molar-refractivity contribution is -0.132. The number of para-hydroxylation sites is 2. The first-order chi connectivity index (χ1) is 14.6. The van der Waals surface area contributed by atoms with Gasteiger partial charge in [0, 0.05) is 32.2 Å². The van der Waals surface area contributed by atoms with Crippen LogP contribution in [0.25, 0.3) is 0 Å². The van der Waals surface area contributed by atoms with E-state index in [1.54, 1.807) is 12.0 Å². The number of anilines is 2. The number of methoxy groups -OCH3 is 1. The molecule has 1 fully saturated rings. The van der Waals surface area contributed by atoms with Crippen LogP contribution in [0.3, 0.4) is 0 Å². The van der Waals surface area contributed by atoms with E-state index in [2.05, 4.69) is 4.90 Å². The average molecular weight is 454 g/mol. The van der Waals surface area contributed by atoms with Crippen LogP contribution in [0.2, 0.25) is 0 Å². The third-order valence-electron chi connectivity index (χ3n) is 5.24. The molecule has 1 amide bonds. The molecule has 0 N–H and O–H groups in total. The fourth-order valence-corrected chi connectivity index (χ4v) is 4.91. The molecule has 0 aromatic heterocycles. The van der Waals surface area contributed by atoms with E-state index in [0.29, 0.717) is 26.2 Å². The van der Waals surface area contributed by atoms with Gasteiger partial charge >= 0.3 is 0 Å². The molecule has 0 radical (unpaired) electrons. The molecular formula is C21H25F2N3O4S. The summed E-state index contributed by atoms with van der Waals surface area (Å²) in [5.41, 5.74) is 0.819. The summed E-state index contributed by atoms with van der Waals surface area (Å²) in [5.74, 6) is -1.95. The van der Waals surface area contributed by atoms with Crippen LogP contribution in [0.1, 0.15) is 6.92 Å². The van der Waals surface area contributed by atoms with Crippen molar-refractivity contribution in [2.45, 2.75) is 13.0 Å². The highest BCUT2D eigenvalue weighted by Gasteiger charge is 2.34. The van der Waals surface area contributed by atoms with Crippen LogP contribution >= 0.6 is 0 Å². The first-order valence-electron chi connectivity index (χ1n) is 9.74. The number of sulfonamides is 1. The number of piperazine rings is 1. The van der Waals surface area contributed by atoms with E-state index in [4.69, 9.17) is 4.74 Å². The Bertz CT molecular complexity index is 1060. The molecule has 1 atom stereocenters. The fourth-order valence-electron chi connectivity index (χ4n) is 3.75. The lowest BCUT2D eigenvalue weighted by Crippen LogP contribution is -2.55. The molecule has 31 heavy (non-hydrogen) atoms. The number of rotatable bonds is 6. The highest BCUT2D eigenvalue weighted by atomic mass is 32.2. The Morgan fingerprint density at radius 2 is 1.71 bits per heavy atom. The highest BCUT2D eigenvalue weighted by molar-refractivity contribution is 7.92. The minimum Gasteiger partial charge on any atom is -0.495 e. The molecule has 10 heteroatoms. The molecule has 1 saturated heterocycles. The molecule has 0 bridgehead atoms. The van der Waals surface area contributed by atoms with Gasteiger partial charge in [-0.15, -0.1) is 0 Å². The number of hydrogen-bond donors (Lipinski definition) is 0. The van der Waals surface area contributed by atoms with E-state index >= 15 is 0 Å². The van der Waals surface area contributed by atoms with Gasteiger partial charge < -0.3 is 14.5 Å². The fraction of sp³-hybridized carbons (Fsp3) is 0.381. The van der Waals surface area contributed by atoms with E-state index in [-0.39, 0.29) is 5.69 Å². The predicted molar refractivity (Wildman–Crippen MR) is 115 cm³/mol. The Labute approximate surface area is 180 Å². The van der Waals surface area contributed by atoms with Crippen molar-refractivity contribution in [3.63, 3.8) is 0 Å². The number of hydrogen-bond acceptors (Lipinski definition) is 5. The molecule has 1 aliphatic heterocycles. The third-order valence-corrected chi connectivity index (χ3v) is 6.48. The van der Waals surface area contributed by atoms with Crippen molar-refractivity contribution in [2.24, 2.45) is 0 Å². The second-order valence-corrected chi connectivity index (χ2v) is 9.18. The molecule has 7 nitrogen and oxygen atoms in total. The maximum atomic E-state index is 13.7. The van der Waals surface area contributed by atoms with Gasteiger partial charge in [-0.3, -0.25) is 9.10 Å². The lowest BCUT2D eigenvalue weighted by atomic mass is 10.2. The molecule has 2 aromatic rings. The van der Waals surface area contributed by atoms with E-state index < -0.39 is 33.6 Å². The van der Waals surface area contributed by atoms with Gasteiger partial charge in [0.15, 0.2) is 11.6 Å². The Hall–Kier alpha value is -2.88. The quantitative estimate of drug-likeness (QED) is 0.672. The van der Waals surface area contributed by atoms with E-state index in [9.17, 15) is 22.0 Å². The molecule has 1 aliphatic rings. The number of amides is 1. The minimum absolute atomic E-state index is 0.102. The van der Waals surface area contributed by atoms with Gasteiger partial charge in [0.25, 0.3) is 0 Å². The second kappa shape index (κ2) is 9.09. The van der Waals surface area contributed by atoms with E-state index in [1.165, 1.54) is 6.92 Å². The van der Waals surface area contributed by atoms with Crippen LogP contribution in [0.5, 0.6) is 5.75 Å². The number of halogens is 2. The van der Waals surface area contributed by atoms with Crippen LogP contribution < -0.4 is 13.9 Å². The normalized spacial score (nSPS) is 15.5. The standard InChI is InChI=1S/C21H25F2N3O4S/c1-15(26(31(3,28)29)16-8-9-17(22)18(23)14-16)21(27)25-12-10-24(11-13-25)19-6-4-5-7-20(19)30-2/h4-9,14-15H,10-13H2,1-3H3/t15-/m0/s1. The first-order valence-corrected chi connectivity index (χ1v) is 11.6. The zero-order valence-electron chi connectivity index (χ0n) is 17.6. The maximum Gasteiger partial charge on any atom is 0.246 e. The molecule has 0 unspecified atom stereocenters. The zero-order valence-corrected chi connectivity index (χ0v) is 18.4. The predicted octanol–water partition coefficient (Wildman–Crippen LogP) is 2.48. The van der Waals surface area contributed by atoms with Gasteiger partial charge in [0.1, 0.15) is 11.8 Å². The third kappa shape index (κ3) is 4.90. The molecular weight excluding hydrogens is 428 g/mol. The monoisotopic (exact) mass is 453 g/mol. The van der Waals surface area contributed by atoms with Crippen molar-refractivity contribution >= 4 is 27.3 Å². The van der Waals surface area contributed by atoms with Gasteiger partial charge in [-0.25, -0.2) is 17.2 Å².